The Morgan fingerprint density at radius 3 is 2.41 bits per heavy atom. The van der Waals surface area contributed by atoms with E-state index in [2.05, 4.69) is 5.32 Å². The number of aromatic hydroxyl groups is 2. The van der Waals surface area contributed by atoms with E-state index in [9.17, 15) is 10.2 Å². The van der Waals surface area contributed by atoms with E-state index in [1.54, 1.807) is 37.3 Å². The van der Waals surface area contributed by atoms with Gasteiger partial charge in [-0.25, -0.2) is 0 Å². The third kappa shape index (κ3) is 2.10. The summed E-state index contributed by atoms with van der Waals surface area (Å²) in [4.78, 5) is 0. The highest BCUT2D eigenvalue weighted by molar-refractivity contribution is 5.76. The van der Waals surface area contributed by atoms with Crippen molar-refractivity contribution in [3.63, 3.8) is 0 Å². The molecule has 0 heterocycles. The SMILES string of the molecule is Cc1c(N)ccc(O)c1Nc1ccccc1O. The smallest absolute Gasteiger partial charge is 0.139 e. The molecule has 0 aliphatic rings. The molecule has 2 aromatic rings. The standard InChI is InChI=1S/C13H14N2O2/c1-8-9(14)6-7-12(17)13(8)15-10-4-2-3-5-11(10)16/h2-7,15-17H,14H2,1H3. The molecule has 0 aliphatic heterocycles. The molecule has 0 saturated carbocycles. The minimum atomic E-state index is 0.0972. The van der Waals surface area contributed by atoms with Gasteiger partial charge in [0, 0.05) is 5.69 Å². The first-order valence-electron chi connectivity index (χ1n) is 5.22. The molecule has 5 N–H and O–H groups in total. The van der Waals surface area contributed by atoms with Crippen LogP contribution in [-0.4, -0.2) is 10.2 Å². The van der Waals surface area contributed by atoms with Gasteiger partial charge in [0.15, 0.2) is 0 Å². The number of rotatable bonds is 2. The van der Waals surface area contributed by atoms with Gasteiger partial charge in [-0.15, -0.1) is 0 Å². The Kier molecular flexibility index (Phi) is 2.78. The number of phenols is 2. The van der Waals surface area contributed by atoms with Gasteiger partial charge >= 0.3 is 0 Å². The van der Waals surface area contributed by atoms with Crippen LogP contribution in [0.25, 0.3) is 0 Å². The van der Waals surface area contributed by atoms with Crippen molar-refractivity contribution in [1.29, 1.82) is 0 Å². The minimum Gasteiger partial charge on any atom is -0.506 e. The summed E-state index contributed by atoms with van der Waals surface area (Å²) in [7, 11) is 0. The Morgan fingerprint density at radius 2 is 1.71 bits per heavy atom. The number of nitrogens with two attached hydrogens (primary N) is 1. The lowest BCUT2D eigenvalue weighted by molar-refractivity contribution is 0.475. The Hall–Kier alpha value is -2.36. The molecule has 4 nitrogen and oxygen atoms in total. The third-order valence-electron chi connectivity index (χ3n) is 2.65. The first-order valence-corrected chi connectivity index (χ1v) is 5.22. The Bertz CT molecular complexity index is 553. The van der Waals surface area contributed by atoms with Crippen LogP contribution >= 0.6 is 0 Å². The molecule has 0 aromatic heterocycles. The number of para-hydroxylation sites is 2. The lowest BCUT2D eigenvalue weighted by atomic mass is 10.1. The van der Waals surface area contributed by atoms with Crippen molar-refractivity contribution in [3.05, 3.63) is 42.0 Å². The van der Waals surface area contributed by atoms with Gasteiger partial charge < -0.3 is 21.3 Å². The van der Waals surface area contributed by atoms with Crippen LogP contribution in [0.3, 0.4) is 0 Å². The molecule has 17 heavy (non-hydrogen) atoms. The van der Waals surface area contributed by atoms with Crippen molar-refractivity contribution < 1.29 is 10.2 Å². The molecule has 0 saturated heterocycles. The van der Waals surface area contributed by atoms with E-state index in [1.807, 2.05) is 0 Å². The fourth-order valence-corrected chi connectivity index (χ4v) is 1.59. The highest BCUT2D eigenvalue weighted by Gasteiger charge is 2.09. The van der Waals surface area contributed by atoms with E-state index in [0.29, 0.717) is 17.1 Å². The third-order valence-corrected chi connectivity index (χ3v) is 2.65. The van der Waals surface area contributed by atoms with Crippen LogP contribution in [0.5, 0.6) is 11.5 Å². The molecule has 0 amide bonds. The average Bonchev–Trinajstić information content (AvgIpc) is 2.32. The summed E-state index contributed by atoms with van der Waals surface area (Å²) in [5.41, 5.74) is 8.13. The van der Waals surface area contributed by atoms with Crippen LogP contribution in [0.15, 0.2) is 36.4 Å². The predicted molar refractivity (Wildman–Crippen MR) is 68.6 cm³/mol. The van der Waals surface area contributed by atoms with Crippen molar-refractivity contribution in [2.75, 3.05) is 11.1 Å². The fourth-order valence-electron chi connectivity index (χ4n) is 1.59. The summed E-state index contributed by atoms with van der Waals surface area (Å²) < 4.78 is 0. The fraction of sp³-hybridized carbons (Fsp3) is 0.0769. The zero-order valence-electron chi connectivity index (χ0n) is 9.44. The largest absolute Gasteiger partial charge is 0.506 e. The van der Waals surface area contributed by atoms with Gasteiger partial charge in [-0.3, -0.25) is 0 Å². The quantitative estimate of drug-likeness (QED) is 0.363. The van der Waals surface area contributed by atoms with E-state index >= 15 is 0 Å². The highest BCUT2D eigenvalue weighted by Crippen LogP contribution is 2.35. The maximum absolute atomic E-state index is 9.77. The zero-order chi connectivity index (χ0) is 12.4. The number of nitrogens with one attached hydrogen (secondary N) is 1. The van der Waals surface area contributed by atoms with Crippen LogP contribution in [0.4, 0.5) is 17.1 Å². The number of nitrogen functional groups attached to an aromatic ring is 1. The van der Waals surface area contributed by atoms with Crippen LogP contribution in [0.1, 0.15) is 5.56 Å². The summed E-state index contributed by atoms with van der Waals surface area (Å²) in [5.74, 6) is 0.216. The monoisotopic (exact) mass is 230 g/mol. The number of phenolic OH excluding ortho intramolecular Hbond substituents is 2. The molecule has 2 aromatic carbocycles. The molecular formula is C13H14N2O2. The molecule has 0 fully saturated rings. The van der Waals surface area contributed by atoms with Crippen LogP contribution in [-0.2, 0) is 0 Å². The van der Waals surface area contributed by atoms with Gasteiger partial charge in [-0.2, -0.15) is 0 Å². The maximum atomic E-state index is 9.77. The van der Waals surface area contributed by atoms with Crippen molar-refractivity contribution >= 4 is 17.1 Å². The molecule has 2 rings (SSSR count). The normalized spacial score (nSPS) is 10.2. The zero-order valence-corrected chi connectivity index (χ0v) is 9.44. The lowest BCUT2D eigenvalue weighted by Gasteiger charge is -2.14. The van der Waals surface area contributed by atoms with Crippen molar-refractivity contribution in [2.24, 2.45) is 0 Å². The van der Waals surface area contributed by atoms with E-state index in [4.69, 9.17) is 5.73 Å². The Morgan fingerprint density at radius 1 is 1.00 bits per heavy atom. The molecule has 0 radical (unpaired) electrons. The first kappa shape index (κ1) is 11.1. The number of hydrogen-bond acceptors (Lipinski definition) is 4. The summed E-state index contributed by atoms with van der Waals surface area (Å²) in [5, 5.41) is 22.4. The first-order chi connectivity index (χ1) is 8.09. The average molecular weight is 230 g/mol. The number of hydrogen-bond donors (Lipinski definition) is 4. The van der Waals surface area contributed by atoms with E-state index in [1.165, 1.54) is 6.07 Å². The molecule has 0 atom stereocenters. The molecule has 88 valence electrons. The lowest BCUT2D eigenvalue weighted by Crippen LogP contribution is -1.97. The molecular weight excluding hydrogens is 216 g/mol. The highest BCUT2D eigenvalue weighted by atomic mass is 16.3. The predicted octanol–water partition coefficient (Wildman–Crippen LogP) is 2.73. The van der Waals surface area contributed by atoms with Crippen molar-refractivity contribution in [1.82, 2.24) is 0 Å². The van der Waals surface area contributed by atoms with Crippen molar-refractivity contribution in [2.45, 2.75) is 6.92 Å². The van der Waals surface area contributed by atoms with Gasteiger partial charge in [0.25, 0.3) is 0 Å². The summed E-state index contributed by atoms with van der Waals surface area (Å²) in [6.07, 6.45) is 0. The molecule has 4 heteroatoms. The molecule has 0 unspecified atom stereocenters. The van der Waals surface area contributed by atoms with Crippen LogP contribution < -0.4 is 11.1 Å². The van der Waals surface area contributed by atoms with E-state index in [-0.39, 0.29) is 11.5 Å². The number of benzene rings is 2. The number of anilines is 3. The maximum Gasteiger partial charge on any atom is 0.139 e. The molecule has 0 bridgehead atoms. The Labute approximate surface area is 99.3 Å². The summed E-state index contributed by atoms with van der Waals surface area (Å²) >= 11 is 0. The van der Waals surface area contributed by atoms with Gasteiger partial charge in [-0.1, -0.05) is 12.1 Å². The molecule has 0 spiro atoms. The second-order valence-electron chi connectivity index (χ2n) is 3.82. The second-order valence-corrected chi connectivity index (χ2v) is 3.82. The topological polar surface area (TPSA) is 78.5 Å². The van der Waals surface area contributed by atoms with Crippen LogP contribution in [0.2, 0.25) is 0 Å². The van der Waals surface area contributed by atoms with Crippen molar-refractivity contribution in [3.8, 4) is 11.5 Å². The van der Waals surface area contributed by atoms with Crippen LogP contribution in [0, 0.1) is 6.92 Å². The van der Waals surface area contributed by atoms with Gasteiger partial charge in [-0.05, 0) is 36.8 Å². The summed E-state index contributed by atoms with van der Waals surface area (Å²) in [6.45, 7) is 1.80. The van der Waals surface area contributed by atoms with Gasteiger partial charge in [0.2, 0.25) is 0 Å². The second kappa shape index (κ2) is 4.25. The van der Waals surface area contributed by atoms with E-state index in [0.717, 1.165) is 5.56 Å². The van der Waals surface area contributed by atoms with Gasteiger partial charge in [0.05, 0.1) is 11.4 Å². The summed E-state index contributed by atoms with van der Waals surface area (Å²) in [6, 6.07) is 9.97. The van der Waals surface area contributed by atoms with Gasteiger partial charge in [0.1, 0.15) is 11.5 Å². The minimum absolute atomic E-state index is 0.0972. The molecule has 0 aliphatic carbocycles. The van der Waals surface area contributed by atoms with E-state index < -0.39 is 0 Å². The Balaban J connectivity index is 2.43.